The van der Waals surface area contributed by atoms with Crippen molar-refractivity contribution in [3.63, 3.8) is 0 Å². The van der Waals surface area contributed by atoms with Gasteiger partial charge < -0.3 is 15.7 Å². The lowest BCUT2D eigenvalue weighted by Crippen LogP contribution is -2.24. The minimum absolute atomic E-state index is 0.0968. The van der Waals surface area contributed by atoms with Gasteiger partial charge in [-0.15, -0.1) is 11.3 Å². The summed E-state index contributed by atoms with van der Waals surface area (Å²) in [5, 5.41) is 20.8. The molecular formula is C25H23N5O3S. The van der Waals surface area contributed by atoms with Crippen LogP contribution in [-0.4, -0.2) is 26.9 Å². The number of carbonyl (C=O) groups excluding carboxylic acids is 2. The highest BCUT2D eigenvalue weighted by Crippen LogP contribution is 2.22. The smallest absolute Gasteiger partial charge is 0.261 e. The van der Waals surface area contributed by atoms with E-state index in [1.807, 2.05) is 43.3 Å². The summed E-state index contributed by atoms with van der Waals surface area (Å²) in [6.45, 7) is 2.24. The van der Waals surface area contributed by atoms with E-state index < -0.39 is 5.91 Å². The van der Waals surface area contributed by atoms with Gasteiger partial charge in [-0.1, -0.05) is 23.8 Å². The molecule has 4 aromatic rings. The number of pyridine rings is 1. The van der Waals surface area contributed by atoms with Crippen molar-refractivity contribution in [1.82, 2.24) is 15.3 Å². The van der Waals surface area contributed by atoms with Crippen molar-refractivity contribution >= 4 is 39.7 Å². The number of anilines is 3. The number of hydrogen-bond donors (Lipinski definition) is 4. The predicted molar refractivity (Wildman–Crippen MR) is 132 cm³/mol. The number of nitrogens with zero attached hydrogens (tertiary/aromatic N) is 2. The normalized spacial score (nSPS) is 10.5. The first-order chi connectivity index (χ1) is 16.5. The van der Waals surface area contributed by atoms with E-state index in [4.69, 9.17) is 0 Å². The molecule has 0 spiro atoms. The van der Waals surface area contributed by atoms with E-state index in [0.29, 0.717) is 17.4 Å². The molecular weight excluding hydrogens is 450 g/mol. The maximum atomic E-state index is 12.4. The van der Waals surface area contributed by atoms with Crippen molar-refractivity contribution in [1.29, 1.82) is 0 Å². The van der Waals surface area contributed by atoms with Crippen molar-refractivity contribution in [2.75, 3.05) is 10.6 Å². The highest BCUT2D eigenvalue weighted by molar-refractivity contribution is 7.14. The van der Waals surface area contributed by atoms with Crippen LogP contribution in [0, 0.1) is 6.92 Å². The molecule has 0 aliphatic carbocycles. The van der Waals surface area contributed by atoms with Gasteiger partial charge in [0.25, 0.3) is 5.91 Å². The number of thiazole rings is 1. The molecule has 0 aliphatic heterocycles. The number of aryl methyl sites for hydroxylation is 1. The van der Waals surface area contributed by atoms with Crippen molar-refractivity contribution in [2.24, 2.45) is 0 Å². The lowest BCUT2D eigenvalue weighted by Gasteiger charge is -2.08. The van der Waals surface area contributed by atoms with Crippen molar-refractivity contribution in [2.45, 2.75) is 19.9 Å². The Hall–Kier alpha value is -4.24. The number of amides is 2. The molecule has 2 aromatic heterocycles. The Morgan fingerprint density at radius 1 is 1.00 bits per heavy atom. The zero-order chi connectivity index (χ0) is 23.9. The van der Waals surface area contributed by atoms with E-state index in [9.17, 15) is 14.7 Å². The molecule has 0 saturated carbocycles. The van der Waals surface area contributed by atoms with Crippen molar-refractivity contribution in [3.05, 3.63) is 94.8 Å². The fourth-order valence-electron chi connectivity index (χ4n) is 3.18. The summed E-state index contributed by atoms with van der Waals surface area (Å²) in [6.07, 6.45) is 3.55. The van der Waals surface area contributed by atoms with Crippen LogP contribution in [0.2, 0.25) is 0 Å². The van der Waals surface area contributed by atoms with Gasteiger partial charge >= 0.3 is 0 Å². The van der Waals surface area contributed by atoms with E-state index in [1.54, 1.807) is 29.9 Å². The van der Waals surface area contributed by atoms with Crippen LogP contribution in [-0.2, 0) is 17.8 Å². The van der Waals surface area contributed by atoms with Crippen LogP contribution < -0.4 is 16.0 Å². The second-order valence-electron chi connectivity index (χ2n) is 7.63. The number of rotatable bonds is 8. The van der Waals surface area contributed by atoms with E-state index in [-0.39, 0.29) is 23.6 Å². The predicted octanol–water partition coefficient (Wildman–Crippen LogP) is 4.41. The quantitative estimate of drug-likeness (QED) is 0.301. The summed E-state index contributed by atoms with van der Waals surface area (Å²) in [7, 11) is 0. The molecule has 9 heteroatoms. The van der Waals surface area contributed by atoms with Crippen LogP contribution in [0.15, 0.2) is 72.4 Å². The lowest BCUT2D eigenvalue weighted by atomic mass is 10.1. The first-order valence-electron chi connectivity index (χ1n) is 10.5. The maximum absolute atomic E-state index is 12.4. The molecule has 2 aromatic carbocycles. The molecule has 4 N–H and O–H groups in total. The minimum atomic E-state index is -0.451. The van der Waals surface area contributed by atoms with E-state index in [2.05, 4.69) is 25.9 Å². The number of carbonyl (C=O) groups is 2. The molecule has 0 saturated heterocycles. The second kappa shape index (κ2) is 10.6. The number of benzene rings is 2. The van der Waals surface area contributed by atoms with E-state index in [0.717, 1.165) is 22.5 Å². The Morgan fingerprint density at radius 2 is 1.74 bits per heavy atom. The summed E-state index contributed by atoms with van der Waals surface area (Å²) in [6, 6.07) is 16.4. The second-order valence-corrected chi connectivity index (χ2v) is 8.49. The third-order valence-corrected chi connectivity index (χ3v) is 5.73. The molecule has 172 valence electrons. The van der Waals surface area contributed by atoms with Crippen LogP contribution in [0.4, 0.5) is 16.5 Å². The van der Waals surface area contributed by atoms with E-state index in [1.165, 1.54) is 17.4 Å². The Bertz CT molecular complexity index is 1290. The monoisotopic (exact) mass is 473 g/mol. The molecule has 34 heavy (non-hydrogen) atoms. The van der Waals surface area contributed by atoms with Gasteiger partial charge in [-0.05, 0) is 48.9 Å². The van der Waals surface area contributed by atoms with Crippen LogP contribution >= 0.6 is 11.3 Å². The molecule has 0 radical (unpaired) electrons. The van der Waals surface area contributed by atoms with Crippen LogP contribution in [0.3, 0.4) is 0 Å². The summed E-state index contributed by atoms with van der Waals surface area (Å²) in [4.78, 5) is 33.1. The molecule has 2 amide bonds. The number of aromatic nitrogens is 2. The minimum Gasteiger partial charge on any atom is -0.507 e. The van der Waals surface area contributed by atoms with Gasteiger partial charge in [0, 0.05) is 35.7 Å². The van der Waals surface area contributed by atoms with Crippen molar-refractivity contribution < 1.29 is 14.7 Å². The third kappa shape index (κ3) is 6.17. The molecule has 0 fully saturated rings. The number of nitrogens with one attached hydrogen (secondary N) is 3. The van der Waals surface area contributed by atoms with Crippen molar-refractivity contribution in [3.8, 4) is 5.75 Å². The van der Waals surface area contributed by atoms with Crippen LogP contribution in [0.1, 0.15) is 27.2 Å². The number of phenolic OH excluding ortho intramolecular Hbond substituents is 1. The van der Waals surface area contributed by atoms with Crippen LogP contribution in [0.5, 0.6) is 5.75 Å². The molecule has 8 nitrogen and oxygen atoms in total. The first-order valence-corrected chi connectivity index (χ1v) is 11.4. The SMILES string of the molecule is Cc1ccc(O)c(C(=O)Nc2nc(CC(=O)NCc3ccc(Nc4ccncc4)cc3)cs2)c1. The number of hydrogen-bond acceptors (Lipinski definition) is 7. The maximum Gasteiger partial charge on any atom is 0.261 e. The topological polar surface area (TPSA) is 116 Å². The summed E-state index contributed by atoms with van der Waals surface area (Å²) < 4.78 is 0. The van der Waals surface area contributed by atoms with Gasteiger partial charge in [0.05, 0.1) is 17.7 Å². The Morgan fingerprint density at radius 3 is 2.50 bits per heavy atom. The fraction of sp³-hybridized carbons (Fsp3) is 0.120. The summed E-state index contributed by atoms with van der Waals surface area (Å²) >= 11 is 1.23. The average molecular weight is 474 g/mol. The standard InChI is InChI=1S/C25H23N5O3S/c1-16-2-7-22(31)21(12-16)24(33)30-25-29-20(15-34-25)13-23(32)27-14-17-3-5-18(6-4-17)28-19-8-10-26-11-9-19/h2-12,15,31H,13-14H2,1H3,(H,26,28)(H,27,32)(H,29,30,33). The molecule has 0 aliphatic rings. The number of aromatic hydroxyl groups is 1. The van der Waals surface area contributed by atoms with Crippen LogP contribution in [0.25, 0.3) is 0 Å². The van der Waals surface area contributed by atoms with E-state index >= 15 is 0 Å². The Labute approximate surface area is 200 Å². The first kappa shape index (κ1) is 22.9. The van der Waals surface area contributed by atoms with Gasteiger partial charge in [0.15, 0.2) is 5.13 Å². The third-order valence-electron chi connectivity index (χ3n) is 4.92. The molecule has 0 atom stereocenters. The fourth-order valence-corrected chi connectivity index (χ4v) is 3.88. The lowest BCUT2D eigenvalue weighted by molar-refractivity contribution is -0.120. The zero-order valence-corrected chi connectivity index (χ0v) is 19.2. The van der Waals surface area contributed by atoms with Gasteiger partial charge in [-0.2, -0.15) is 0 Å². The average Bonchev–Trinajstić information content (AvgIpc) is 3.27. The zero-order valence-electron chi connectivity index (χ0n) is 18.4. The van der Waals surface area contributed by atoms with Gasteiger partial charge in [-0.25, -0.2) is 4.98 Å². The highest BCUT2D eigenvalue weighted by atomic mass is 32.1. The molecule has 2 heterocycles. The van der Waals surface area contributed by atoms with Gasteiger partial charge in [-0.3, -0.25) is 19.9 Å². The largest absolute Gasteiger partial charge is 0.507 e. The number of phenols is 1. The molecule has 4 rings (SSSR count). The summed E-state index contributed by atoms with van der Waals surface area (Å²) in [5.41, 5.74) is 4.46. The molecule has 0 bridgehead atoms. The highest BCUT2D eigenvalue weighted by Gasteiger charge is 2.14. The van der Waals surface area contributed by atoms with Gasteiger partial charge in [0.1, 0.15) is 5.75 Å². The Balaban J connectivity index is 1.26. The summed E-state index contributed by atoms with van der Waals surface area (Å²) in [5.74, 6) is -0.715. The molecule has 0 unspecified atom stereocenters. The Kier molecular flexibility index (Phi) is 7.14. The van der Waals surface area contributed by atoms with Gasteiger partial charge in [0.2, 0.25) is 5.91 Å².